The highest BCUT2D eigenvalue weighted by molar-refractivity contribution is 7.17. The number of thiazole rings is 1. The molecule has 0 spiro atoms. The lowest BCUT2D eigenvalue weighted by Gasteiger charge is -2.43. The molecular formula is C42H41F2N7O4S. The summed E-state index contributed by atoms with van der Waals surface area (Å²) in [7, 11) is 0. The number of hydrogen-bond donors (Lipinski definition) is 1. The fourth-order valence-corrected chi connectivity index (χ4v) is 8.96. The molecule has 14 heteroatoms. The highest BCUT2D eigenvalue weighted by Crippen LogP contribution is 2.37. The van der Waals surface area contributed by atoms with E-state index in [0.717, 1.165) is 21.8 Å². The van der Waals surface area contributed by atoms with Crippen LogP contribution in [0.2, 0.25) is 0 Å². The number of likely N-dealkylation sites (tertiary alicyclic amines) is 2. The third kappa shape index (κ3) is 7.26. The number of pyridine rings is 1. The number of rotatable bonds is 8. The number of aliphatic hydroxyl groups is 1. The molecule has 2 fully saturated rings. The maximum Gasteiger partial charge on any atom is 0.265 e. The van der Waals surface area contributed by atoms with Gasteiger partial charge in [0.2, 0.25) is 5.91 Å². The van der Waals surface area contributed by atoms with Crippen LogP contribution in [0.4, 0.5) is 8.78 Å². The molecule has 6 heterocycles. The number of aromatic nitrogens is 5. The van der Waals surface area contributed by atoms with Gasteiger partial charge in [-0.2, -0.15) is 0 Å². The van der Waals surface area contributed by atoms with E-state index < -0.39 is 12.0 Å². The molecule has 4 aromatic heterocycles. The average molecular weight is 778 g/mol. The Hall–Kier alpha value is -5.60. The van der Waals surface area contributed by atoms with Crippen LogP contribution in [0, 0.1) is 19.8 Å². The zero-order chi connectivity index (χ0) is 39.1. The Morgan fingerprint density at radius 1 is 0.946 bits per heavy atom. The Labute approximate surface area is 325 Å². The normalized spacial score (nSPS) is 18.5. The van der Waals surface area contributed by atoms with Crippen molar-refractivity contribution in [2.24, 2.45) is 5.92 Å². The third-order valence-electron chi connectivity index (χ3n) is 11.2. The molecule has 56 heavy (non-hydrogen) atoms. The van der Waals surface area contributed by atoms with E-state index in [1.807, 2.05) is 66.1 Å². The van der Waals surface area contributed by atoms with Gasteiger partial charge in [-0.15, -0.1) is 11.3 Å². The van der Waals surface area contributed by atoms with E-state index >= 15 is 0 Å². The maximum absolute atomic E-state index is 14.3. The molecule has 2 saturated heterocycles. The van der Waals surface area contributed by atoms with Crippen molar-refractivity contribution in [1.29, 1.82) is 0 Å². The summed E-state index contributed by atoms with van der Waals surface area (Å²) in [5.41, 5.74) is 2.75. The summed E-state index contributed by atoms with van der Waals surface area (Å²) in [5.74, 6) is -0.667. The largest absolute Gasteiger partial charge is 0.388 e. The Morgan fingerprint density at radius 3 is 2.39 bits per heavy atom. The second kappa shape index (κ2) is 15.1. The first-order valence-corrected chi connectivity index (χ1v) is 19.5. The summed E-state index contributed by atoms with van der Waals surface area (Å²) < 4.78 is 29.2. The van der Waals surface area contributed by atoms with Crippen molar-refractivity contribution in [3.8, 4) is 16.3 Å². The van der Waals surface area contributed by atoms with Gasteiger partial charge in [0.25, 0.3) is 17.9 Å². The smallest absolute Gasteiger partial charge is 0.265 e. The first kappa shape index (κ1) is 37.3. The van der Waals surface area contributed by atoms with Crippen LogP contribution in [-0.2, 0) is 11.3 Å². The fraction of sp³-hybridized carbons (Fsp3) is 0.333. The number of carbonyl (C=O) groups excluding carboxylic acids is 2. The van der Waals surface area contributed by atoms with Crippen molar-refractivity contribution < 1.29 is 23.5 Å². The molecule has 2 atom stereocenters. The molecule has 6 aromatic rings. The summed E-state index contributed by atoms with van der Waals surface area (Å²) in [6.07, 6.45) is 3.31. The SMILES string of the molecule is Cc1ccc(-c2nc(C)c(C(=O)N3CC[C@@H](C(=O)N4CCC(O)(Cn5cnc6c(ccn6-c6ccc(C(F)F)cc6)c5=O)CC4)[C@H](c4ccccc4)C3)s2)cn1. The minimum absolute atomic E-state index is 0.000643. The maximum atomic E-state index is 14.3. The number of hydrogen-bond acceptors (Lipinski definition) is 8. The zero-order valence-electron chi connectivity index (χ0n) is 31.0. The number of halogens is 2. The van der Waals surface area contributed by atoms with Gasteiger partial charge in [0.1, 0.15) is 16.2 Å². The molecular weight excluding hydrogens is 737 g/mol. The molecule has 0 unspecified atom stereocenters. The molecule has 11 nitrogen and oxygen atoms in total. The Kier molecular flexibility index (Phi) is 10.1. The number of benzene rings is 2. The highest BCUT2D eigenvalue weighted by atomic mass is 32.1. The van der Waals surface area contributed by atoms with Crippen molar-refractivity contribution in [3.05, 3.63) is 129 Å². The van der Waals surface area contributed by atoms with Crippen molar-refractivity contribution in [1.82, 2.24) is 33.9 Å². The van der Waals surface area contributed by atoms with Crippen molar-refractivity contribution in [3.63, 3.8) is 0 Å². The first-order chi connectivity index (χ1) is 27.0. The first-order valence-electron chi connectivity index (χ1n) is 18.7. The lowest BCUT2D eigenvalue weighted by molar-refractivity contribution is -0.142. The van der Waals surface area contributed by atoms with Gasteiger partial charge in [-0.05, 0) is 69.0 Å². The van der Waals surface area contributed by atoms with Crippen LogP contribution in [0.3, 0.4) is 0 Å². The van der Waals surface area contributed by atoms with Crippen LogP contribution in [0.15, 0.2) is 96.3 Å². The van der Waals surface area contributed by atoms with Gasteiger partial charge in [0.15, 0.2) is 5.65 Å². The van der Waals surface area contributed by atoms with Crippen LogP contribution >= 0.6 is 11.3 Å². The zero-order valence-corrected chi connectivity index (χ0v) is 31.8. The number of alkyl halides is 2. The Morgan fingerprint density at radius 2 is 1.70 bits per heavy atom. The van der Waals surface area contributed by atoms with Crippen molar-refractivity contribution in [2.75, 3.05) is 26.2 Å². The summed E-state index contributed by atoms with van der Waals surface area (Å²) in [5, 5.41) is 12.8. The molecule has 2 aromatic carbocycles. The molecule has 0 aliphatic carbocycles. The van der Waals surface area contributed by atoms with E-state index in [9.17, 15) is 28.3 Å². The van der Waals surface area contributed by atoms with E-state index in [4.69, 9.17) is 4.98 Å². The van der Waals surface area contributed by atoms with Crippen LogP contribution in [-0.4, -0.2) is 82.6 Å². The number of fused-ring (bicyclic) bond motifs is 1. The van der Waals surface area contributed by atoms with E-state index in [1.54, 1.807) is 35.2 Å². The molecule has 2 aliphatic rings. The lowest BCUT2D eigenvalue weighted by atomic mass is 9.79. The van der Waals surface area contributed by atoms with Gasteiger partial charge in [0.05, 0.1) is 23.2 Å². The standard InChI is InChI=1S/C42H41F2N7O4S/c1-26-8-9-30(22-45-26)38-47-27(2)35(56-38)41(54)49-18-14-32(34(23-49)28-6-4-3-5-7-28)39(52)48-20-16-42(55,17-21-48)24-50-25-46-37-33(40(50)53)15-19-51(37)31-12-10-29(11-13-31)36(43)44/h3-13,15,19,22,25,32,34,36,55H,14,16-18,20-21,23-24H2,1-2H3/t32-,34+/m1/s1. The minimum atomic E-state index is -2.58. The predicted molar refractivity (Wildman–Crippen MR) is 209 cm³/mol. The monoisotopic (exact) mass is 777 g/mol. The van der Waals surface area contributed by atoms with Gasteiger partial charge in [-0.25, -0.2) is 18.7 Å². The number of carbonyl (C=O) groups is 2. The minimum Gasteiger partial charge on any atom is -0.388 e. The lowest BCUT2D eigenvalue weighted by Crippen LogP contribution is -2.53. The number of amides is 2. The fourth-order valence-electron chi connectivity index (χ4n) is 7.93. The van der Waals surface area contributed by atoms with E-state index in [0.29, 0.717) is 59.9 Å². The number of nitrogens with zero attached hydrogens (tertiary/aromatic N) is 7. The summed E-state index contributed by atoms with van der Waals surface area (Å²) in [6, 6.07) is 21.2. The third-order valence-corrected chi connectivity index (χ3v) is 12.4. The Balaban J connectivity index is 0.944. The molecule has 1 N–H and O–H groups in total. The van der Waals surface area contributed by atoms with Gasteiger partial charge >= 0.3 is 0 Å². The molecule has 0 saturated carbocycles. The van der Waals surface area contributed by atoms with E-state index in [1.165, 1.54) is 34.4 Å². The van der Waals surface area contributed by atoms with Crippen LogP contribution < -0.4 is 5.56 Å². The summed E-state index contributed by atoms with van der Waals surface area (Å²) in [4.78, 5) is 59.6. The van der Waals surface area contributed by atoms with Gasteiger partial charge in [-0.1, -0.05) is 42.5 Å². The summed E-state index contributed by atoms with van der Waals surface area (Å²) in [6.45, 7) is 5.24. The highest BCUT2D eigenvalue weighted by Gasteiger charge is 2.42. The Bertz CT molecular complexity index is 2440. The van der Waals surface area contributed by atoms with Gasteiger partial charge in [0, 0.05) is 72.9 Å². The van der Waals surface area contributed by atoms with Crippen LogP contribution in [0.25, 0.3) is 27.3 Å². The molecule has 288 valence electrons. The number of piperidine rings is 2. The molecule has 2 amide bonds. The molecule has 8 rings (SSSR count). The molecule has 2 aliphatic heterocycles. The summed E-state index contributed by atoms with van der Waals surface area (Å²) >= 11 is 1.36. The average Bonchev–Trinajstić information content (AvgIpc) is 3.83. The predicted octanol–water partition coefficient (Wildman–Crippen LogP) is 6.56. The van der Waals surface area contributed by atoms with E-state index in [-0.39, 0.29) is 54.2 Å². The quantitative estimate of drug-likeness (QED) is 0.186. The van der Waals surface area contributed by atoms with Crippen molar-refractivity contribution in [2.45, 2.75) is 57.6 Å². The second-order valence-electron chi connectivity index (χ2n) is 14.8. The molecule has 0 bridgehead atoms. The van der Waals surface area contributed by atoms with Crippen molar-refractivity contribution >= 4 is 34.2 Å². The van der Waals surface area contributed by atoms with Crippen LogP contribution in [0.5, 0.6) is 0 Å². The van der Waals surface area contributed by atoms with Crippen LogP contribution in [0.1, 0.15) is 63.8 Å². The van der Waals surface area contributed by atoms with Gasteiger partial charge in [-0.3, -0.25) is 23.9 Å². The number of aryl methyl sites for hydroxylation is 2. The second-order valence-corrected chi connectivity index (χ2v) is 15.8. The van der Waals surface area contributed by atoms with E-state index in [2.05, 4.69) is 9.97 Å². The van der Waals surface area contributed by atoms with Gasteiger partial charge < -0.3 is 19.5 Å². The molecule has 0 radical (unpaired) electrons. The topological polar surface area (TPSA) is 126 Å².